The second-order valence-corrected chi connectivity index (χ2v) is 3.62. The molecule has 0 fully saturated rings. The first kappa shape index (κ1) is 13.9. The molecular weight excluding hydrogens is 238 g/mol. The summed E-state index contributed by atoms with van der Waals surface area (Å²) in [5.74, 6) is -0.600. The van der Waals surface area contributed by atoms with Crippen LogP contribution in [-0.4, -0.2) is 12.3 Å². The van der Waals surface area contributed by atoms with Gasteiger partial charge in [0, 0.05) is 12.1 Å². The second-order valence-electron chi connectivity index (χ2n) is 3.62. The summed E-state index contributed by atoms with van der Waals surface area (Å²) >= 11 is 0. The second kappa shape index (κ2) is 5.46. The van der Waals surface area contributed by atoms with Crippen LogP contribution in [0.1, 0.15) is 18.1 Å². The monoisotopic (exact) mass is 251 g/mol. The van der Waals surface area contributed by atoms with Gasteiger partial charge in [0.05, 0.1) is 6.61 Å². The molecule has 0 aliphatic heterocycles. The topological polar surface area (TPSA) is 35.2 Å². The van der Waals surface area contributed by atoms with Crippen LogP contribution in [0.25, 0.3) is 0 Å². The quantitative estimate of drug-likeness (QED) is 0.835. The van der Waals surface area contributed by atoms with E-state index >= 15 is 0 Å². The van der Waals surface area contributed by atoms with Crippen LogP contribution in [0.15, 0.2) is 18.2 Å². The van der Waals surface area contributed by atoms with Crippen molar-refractivity contribution in [1.29, 1.82) is 0 Å². The van der Waals surface area contributed by atoms with Crippen LogP contribution < -0.4 is 5.73 Å². The number of nitrogens with two attached hydrogens (primary N) is 1. The van der Waals surface area contributed by atoms with Gasteiger partial charge in [-0.1, -0.05) is 6.07 Å². The smallest absolute Gasteiger partial charge is 0.364 e. The lowest BCUT2D eigenvalue weighted by Gasteiger charge is -2.16. The predicted molar refractivity (Wildman–Crippen MR) is 54.6 cm³/mol. The molecule has 1 aromatic rings. The zero-order valence-corrected chi connectivity index (χ0v) is 9.22. The highest BCUT2D eigenvalue weighted by atomic mass is 19.4. The van der Waals surface area contributed by atoms with Crippen molar-refractivity contribution in [2.75, 3.05) is 0 Å². The molecule has 0 spiro atoms. The molecule has 0 amide bonds. The summed E-state index contributed by atoms with van der Waals surface area (Å²) in [4.78, 5) is 0. The molecule has 1 aromatic carbocycles. The molecule has 0 bridgehead atoms. The van der Waals surface area contributed by atoms with Gasteiger partial charge in [-0.3, -0.25) is 0 Å². The first-order valence-corrected chi connectivity index (χ1v) is 5.00. The normalized spacial score (nSPS) is 13.8. The van der Waals surface area contributed by atoms with E-state index in [1.807, 2.05) is 0 Å². The van der Waals surface area contributed by atoms with E-state index in [2.05, 4.69) is 4.74 Å². The van der Waals surface area contributed by atoms with Gasteiger partial charge in [-0.15, -0.1) is 0 Å². The lowest BCUT2D eigenvalue weighted by Crippen LogP contribution is -2.28. The molecule has 17 heavy (non-hydrogen) atoms. The third-order valence-electron chi connectivity index (χ3n) is 2.30. The van der Waals surface area contributed by atoms with Gasteiger partial charge in [-0.25, -0.2) is 4.39 Å². The van der Waals surface area contributed by atoms with Gasteiger partial charge in [-0.05, 0) is 24.6 Å². The molecule has 2 N–H and O–H groups in total. The van der Waals surface area contributed by atoms with E-state index in [0.29, 0.717) is 5.56 Å². The summed E-state index contributed by atoms with van der Waals surface area (Å²) in [5, 5.41) is 0. The van der Waals surface area contributed by atoms with Crippen LogP contribution in [0, 0.1) is 5.82 Å². The molecule has 0 aliphatic rings. The Morgan fingerprint density at radius 3 is 2.53 bits per heavy atom. The highest BCUT2D eigenvalue weighted by Crippen LogP contribution is 2.23. The van der Waals surface area contributed by atoms with E-state index in [9.17, 15) is 17.6 Å². The zero-order chi connectivity index (χ0) is 13.1. The SMILES string of the molecule is CC(OCc1cc(CN)ccc1F)C(F)(F)F. The highest BCUT2D eigenvalue weighted by Gasteiger charge is 2.36. The summed E-state index contributed by atoms with van der Waals surface area (Å²) in [5.41, 5.74) is 6.07. The molecule has 0 aliphatic carbocycles. The number of hydrogen-bond donors (Lipinski definition) is 1. The lowest BCUT2D eigenvalue weighted by molar-refractivity contribution is -0.217. The molecule has 96 valence electrons. The van der Waals surface area contributed by atoms with Gasteiger partial charge in [0.15, 0.2) is 6.10 Å². The Kier molecular flexibility index (Phi) is 4.47. The summed E-state index contributed by atoms with van der Waals surface area (Å²) in [7, 11) is 0. The third kappa shape index (κ3) is 3.98. The Morgan fingerprint density at radius 2 is 2.00 bits per heavy atom. The Hall–Kier alpha value is -1.14. The Labute approximate surface area is 96.4 Å². The highest BCUT2D eigenvalue weighted by molar-refractivity contribution is 5.24. The molecule has 2 nitrogen and oxygen atoms in total. The minimum Gasteiger partial charge on any atom is -0.364 e. The maximum Gasteiger partial charge on any atom is 0.414 e. The predicted octanol–water partition coefficient (Wildman–Crippen LogP) is 2.75. The fourth-order valence-corrected chi connectivity index (χ4v) is 1.17. The van der Waals surface area contributed by atoms with Crippen molar-refractivity contribution in [3.8, 4) is 0 Å². The number of ether oxygens (including phenoxy) is 1. The fourth-order valence-electron chi connectivity index (χ4n) is 1.17. The van der Waals surface area contributed by atoms with Gasteiger partial charge < -0.3 is 10.5 Å². The molecule has 1 rings (SSSR count). The Bertz CT molecular complexity index is 378. The average Bonchev–Trinajstić information content (AvgIpc) is 2.26. The molecule has 0 saturated carbocycles. The van der Waals surface area contributed by atoms with Crippen LogP contribution >= 0.6 is 0 Å². The molecule has 1 unspecified atom stereocenters. The van der Waals surface area contributed by atoms with Crippen molar-refractivity contribution in [1.82, 2.24) is 0 Å². The Balaban J connectivity index is 2.69. The minimum absolute atomic E-state index is 0.0732. The summed E-state index contributed by atoms with van der Waals surface area (Å²) < 4.78 is 54.3. The van der Waals surface area contributed by atoms with Crippen LogP contribution in [0.2, 0.25) is 0 Å². The van der Waals surface area contributed by atoms with Crippen molar-refractivity contribution in [3.05, 3.63) is 35.1 Å². The maximum absolute atomic E-state index is 13.3. The van der Waals surface area contributed by atoms with Crippen LogP contribution in [0.5, 0.6) is 0 Å². The van der Waals surface area contributed by atoms with Crippen molar-refractivity contribution in [3.63, 3.8) is 0 Å². The van der Waals surface area contributed by atoms with Crippen molar-refractivity contribution in [2.45, 2.75) is 32.4 Å². The van der Waals surface area contributed by atoms with Gasteiger partial charge in [-0.2, -0.15) is 13.2 Å². The van der Waals surface area contributed by atoms with E-state index in [0.717, 1.165) is 6.92 Å². The summed E-state index contributed by atoms with van der Waals surface area (Å²) in [6.45, 7) is 0.646. The van der Waals surface area contributed by atoms with Crippen LogP contribution in [0.4, 0.5) is 17.6 Å². The first-order valence-electron chi connectivity index (χ1n) is 5.00. The van der Waals surface area contributed by atoms with Crippen LogP contribution in [0.3, 0.4) is 0 Å². The van der Waals surface area contributed by atoms with Crippen molar-refractivity contribution in [2.24, 2.45) is 5.73 Å². The van der Waals surface area contributed by atoms with E-state index < -0.39 is 24.7 Å². The fraction of sp³-hybridized carbons (Fsp3) is 0.455. The van der Waals surface area contributed by atoms with Crippen LogP contribution in [-0.2, 0) is 17.9 Å². The van der Waals surface area contributed by atoms with E-state index in [-0.39, 0.29) is 12.1 Å². The van der Waals surface area contributed by atoms with E-state index in [4.69, 9.17) is 5.73 Å². The molecule has 0 saturated heterocycles. The molecular formula is C11H13F4NO. The van der Waals surface area contributed by atoms with Crippen molar-refractivity contribution < 1.29 is 22.3 Å². The van der Waals surface area contributed by atoms with Gasteiger partial charge >= 0.3 is 6.18 Å². The van der Waals surface area contributed by atoms with Gasteiger partial charge in [0.1, 0.15) is 5.82 Å². The zero-order valence-electron chi connectivity index (χ0n) is 9.22. The molecule has 0 heterocycles. The molecule has 6 heteroatoms. The average molecular weight is 251 g/mol. The summed E-state index contributed by atoms with van der Waals surface area (Å²) in [6, 6.07) is 4.05. The number of alkyl halides is 3. The number of benzene rings is 1. The number of hydrogen-bond acceptors (Lipinski definition) is 2. The van der Waals surface area contributed by atoms with Crippen molar-refractivity contribution >= 4 is 0 Å². The standard InChI is InChI=1S/C11H13F4NO/c1-7(11(13,14)15)17-6-9-4-8(5-16)2-3-10(9)12/h2-4,7H,5-6,16H2,1H3. The summed E-state index contributed by atoms with van der Waals surface area (Å²) in [6.07, 6.45) is -6.37. The van der Waals surface area contributed by atoms with Gasteiger partial charge in [0.2, 0.25) is 0 Å². The third-order valence-corrected chi connectivity index (χ3v) is 2.30. The van der Waals surface area contributed by atoms with E-state index in [1.165, 1.54) is 18.2 Å². The first-order chi connectivity index (χ1) is 7.84. The minimum atomic E-state index is -4.44. The lowest BCUT2D eigenvalue weighted by atomic mass is 10.1. The largest absolute Gasteiger partial charge is 0.414 e. The number of halogens is 4. The molecule has 0 aromatic heterocycles. The maximum atomic E-state index is 13.3. The molecule has 1 atom stereocenters. The number of rotatable bonds is 4. The Morgan fingerprint density at radius 1 is 1.35 bits per heavy atom. The van der Waals surface area contributed by atoms with E-state index in [1.54, 1.807) is 0 Å². The molecule has 0 radical (unpaired) electrons. The van der Waals surface area contributed by atoms with Gasteiger partial charge in [0.25, 0.3) is 0 Å².